The van der Waals surface area contributed by atoms with Gasteiger partial charge in [-0.25, -0.2) is 0 Å². The second-order valence-corrected chi connectivity index (χ2v) is 7.66. The number of carbonyl (C=O) groups excluding carboxylic acids is 2. The van der Waals surface area contributed by atoms with Crippen molar-refractivity contribution in [2.24, 2.45) is 0 Å². The molecule has 2 atom stereocenters. The van der Waals surface area contributed by atoms with E-state index in [1.54, 1.807) is 26.2 Å². The van der Waals surface area contributed by atoms with Gasteiger partial charge >= 0.3 is 0 Å². The Bertz CT molecular complexity index is 1020. The molecule has 1 spiro atoms. The Balaban J connectivity index is 1.66. The molecular formula is C22H22N2O4. The minimum atomic E-state index is -1.12. The Labute approximate surface area is 163 Å². The van der Waals surface area contributed by atoms with Gasteiger partial charge in [0.05, 0.1) is 20.3 Å². The number of hydrogen-bond donors (Lipinski definition) is 0. The predicted octanol–water partition coefficient (Wildman–Crippen LogP) is 2.45. The molecule has 2 amide bonds. The van der Waals surface area contributed by atoms with Crippen molar-refractivity contribution in [3.63, 3.8) is 0 Å². The van der Waals surface area contributed by atoms with Crippen LogP contribution in [0.1, 0.15) is 29.2 Å². The number of rotatable bonds is 2. The number of likely N-dealkylation sites (N-methyl/N-ethyl adjacent to an activating group) is 1. The lowest BCUT2D eigenvalue weighted by Crippen LogP contribution is -2.46. The number of ether oxygens (including phenoxy) is 2. The zero-order chi connectivity index (χ0) is 19.6. The van der Waals surface area contributed by atoms with Crippen LogP contribution in [0.15, 0.2) is 36.4 Å². The number of nitrogens with zero attached hydrogens (tertiary/aromatic N) is 2. The summed E-state index contributed by atoms with van der Waals surface area (Å²) in [6.07, 6.45) is 1.19. The van der Waals surface area contributed by atoms with Gasteiger partial charge in [0, 0.05) is 24.8 Å². The first-order valence-corrected chi connectivity index (χ1v) is 9.46. The zero-order valence-corrected chi connectivity index (χ0v) is 16.2. The van der Waals surface area contributed by atoms with E-state index in [4.69, 9.17) is 9.47 Å². The summed E-state index contributed by atoms with van der Waals surface area (Å²) in [5.41, 5.74) is 2.73. The molecule has 3 aliphatic rings. The van der Waals surface area contributed by atoms with Gasteiger partial charge in [-0.3, -0.25) is 9.59 Å². The van der Waals surface area contributed by atoms with Crippen LogP contribution in [-0.4, -0.2) is 44.5 Å². The Hall–Kier alpha value is -3.02. The lowest BCUT2D eigenvalue weighted by atomic mass is 9.77. The molecule has 28 heavy (non-hydrogen) atoms. The number of amides is 2. The Morgan fingerprint density at radius 2 is 1.75 bits per heavy atom. The Kier molecular flexibility index (Phi) is 3.50. The molecule has 6 nitrogen and oxygen atoms in total. The topological polar surface area (TPSA) is 59.1 Å². The standard InChI is InChI=1S/C22H22N2O4/c1-23-16-7-5-4-6-15(16)22(20(23)25)12-17-14-11-19(28-3)18(27-2)10-13(14)8-9-24(17)21(22)26/h4-7,10-11,17H,8-9,12H2,1-3H3/t17-,22-/m1/s1. The SMILES string of the molecule is COc1cc2c(cc1OC)[C@H]1C[C@@]3(C(=O)N(C)c4ccccc43)C(=O)N1CC2. The summed E-state index contributed by atoms with van der Waals surface area (Å²) < 4.78 is 10.9. The average molecular weight is 378 g/mol. The second kappa shape index (κ2) is 5.74. The quantitative estimate of drug-likeness (QED) is 0.754. The van der Waals surface area contributed by atoms with E-state index in [0.29, 0.717) is 24.5 Å². The predicted molar refractivity (Wildman–Crippen MR) is 104 cm³/mol. The third kappa shape index (κ3) is 1.92. The molecule has 2 aromatic rings. The zero-order valence-electron chi connectivity index (χ0n) is 16.2. The largest absolute Gasteiger partial charge is 0.493 e. The summed E-state index contributed by atoms with van der Waals surface area (Å²) in [7, 11) is 4.98. The van der Waals surface area contributed by atoms with Crippen LogP contribution in [0, 0.1) is 0 Å². The van der Waals surface area contributed by atoms with Crippen LogP contribution in [0.25, 0.3) is 0 Å². The van der Waals surface area contributed by atoms with Gasteiger partial charge in [0.25, 0.3) is 0 Å². The van der Waals surface area contributed by atoms with Crippen molar-refractivity contribution >= 4 is 17.5 Å². The van der Waals surface area contributed by atoms with Gasteiger partial charge in [0.15, 0.2) is 16.9 Å². The molecule has 2 aromatic carbocycles. The number of methoxy groups -OCH3 is 2. The van der Waals surface area contributed by atoms with Crippen molar-refractivity contribution in [1.29, 1.82) is 0 Å². The summed E-state index contributed by atoms with van der Waals surface area (Å²) in [4.78, 5) is 30.4. The van der Waals surface area contributed by atoms with Gasteiger partial charge in [0.2, 0.25) is 11.8 Å². The summed E-state index contributed by atoms with van der Waals surface area (Å²) in [5, 5.41) is 0. The van der Waals surface area contributed by atoms with E-state index in [1.807, 2.05) is 41.3 Å². The number of para-hydroxylation sites is 1. The minimum absolute atomic E-state index is 0.0836. The van der Waals surface area contributed by atoms with Gasteiger partial charge in [-0.15, -0.1) is 0 Å². The van der Waals surface area contributed by atoms with Gasteiger partial charge in [-0.1, -0.05) is 18.2 Å². The van der Waals surface area contributed by atoms with E-state index in [-0.39, 0.29) is 17.9 Å². The van der Waals surface area contributed by atoms with Crippen molar-refractivity contribution in [1.82, 2.24) is 4.90 Å². The molecule has 6 heteroatoms. The maximum atomic E-state index is 13.6. The van der Waals surface area contributed by atoms with Crippen LogP contribution in [0.5, 0.6) is 11.5 Å². The third-order valence-electron chi connectivity index (χ3n) is 6.52. The van der Waals surface area contributed by atoms with Crippen molar-refractivity contribution in [2.75, 3.05) is 32.7 Å². The normalized spacial score (nSPS) is 25.0. The fourth-order valence-corrected chi connectivity index (χ4v) is 5.16. The molecule has 1 fully saturated rings. The number of anilines is 1. The average Bonchev–Trinajstić information content (AvgIpc) is 3.15. The first-order valence-electron chi connectivity index (χ1n) is 9.46. The summed E-state index contributed by atoms with van der Waals surface area (Å²) in [6.45, 7) is 0.604. The highest BCUT2D eigenvalue weighted by Gasteiger charge is 2.63. The van der Waals surface area contributed by atoms with E-state index in [0.717, 1.165) is 28.8 Å². The molecule has 0 radical (unpaired) electrons. The number of carbonyl (C=O) groups is 2. The van der Waals surface area contributed by atoms with Gasteiger partial charge in [-0.05, 0) is 42.2 Å². The molecule has 0 bridgehead atoms. The molecule has 0 saturated carbocycles. The van der Waals surface area contributed by atoms with Crippen molar-refractivity contribution in [3.8, 4) is 11.5 Å². The minimum Gasteiger partial charge on any atom is -0.493 e. The van der Waals surface area contributed by atoms with E-state index in [1.165, 1.54) is 0 Å². The van der Waals surface area contributed by atoms with Crippen LogP contribution >= 0.6 is 0 Å². The number of fused-ring (bicyclic) bond motifs is 5. The second-order valence-electron chi connectivity index (χ2n) is 7.66. The fraction of sp³-hybridized carbons (Fsp3) is 0.364. The molecular weight excluding hydrogens is 356 g/mol. The lowest BCUT2D eigenvalue weighted by Gasteiger charge is -2.32. The highest BCUT2D eigenvalue weighted by molar-refractivity contribution is 6.22. The summed E-state index contributed by atoms with van der Waals surface area (Å²) in [5.74, 6) is 1.12. The number of benzene rings is 2. The monoisotopic (exact) mass is 378 g/mol. The van der Waals surface area contributed by atoms with Gasteiger partial charge in [0.1, 0.15) is 0 Å². The maximum absolute atomic E-state index is 13.6. The molecule has 144 valence electrons. The lowest BCUT2D eigenvalue weighted by molar-refractivity contribution is -0.138. The molecule has 3 aliphatic heterocycles. The molecule has 0 aliphatic carbocycles. The van der Waals surface area contributed by atoms with Crippen molar-refractivity contribution < 1.29 is 19.1 Å². The highest BCUT2D eigenvalue weighted by Crippen LogP contribution is 2.55. The maximum Gasteiger partial charge on any atom is 0.247 e. The van der Waals surface area contributed by atoms with Crippen molar-refractivity contribution in [2.45, 2.75) is 24.3 Å². The molecule has 5 rings (SSSR count). The first-order chi connectivity index (χ1) is 13.5. The van der Waals surface area contributed by atoms with Crippen LogP contribution in [0.2, 0.25) is 0 Å². The highest BCUT2D eigenvalue weighted by atomic mass is 16.5. The van der Waals surface area contributed by atoms with Crippen LogP contribution in [-0.2, 0) is 21.4 Å². The van der Waals surface area contributed by atoms with Crippen LogP contribution in [0.4, 0.5) is 5.69 Å². The first kappa shape index (κ1) is 17.1. The summed E-state index contributed by atoms with van der Waals surface area (Å²) in [6, 6.07) is 11.5. The van der Waals surface area contributed by atoms with Crippen molar-refractivity contribution in [3.05, 3.63) is 53.1 Å². The van der Waals surface area contributed by atoms with Gasteiger partial charge in [-0.2, -0.15) is 0 Å². The van der Waals surface area contributed by atoms with Crippen LogP contribution < -0.4 is 14.4 Å². The van der Waals surface area contributed by atoms with E-state index in [9.17, 15) is 9.59 Å². The van der Waals surface area contributed by atoms with Crippen LogP contribution in [0.3, 0.4) is 0 Å². The smallest absolute Gasteiger partial charge is 0.247 e. The summed E-state index contributed by atoms with van der Waals surface area (Å²) >= 11 is 0. The molecule has 0 unspecified atom stereocenters. The Morgan fingerprint density at radius 3 is 2.50 bits per heavy atom. The fourth-order valence-electron chi connectivity index (χ4n) is 5.16. The third-order valence-corrected chi connectivity index (χ3v) is 6.52. The molecule has 0 N–H and O–H groups in total. The molecule has 0 aromatic heterocycles. The van der Waals surface area contributed by atoms with E-state index < -0.39 is 5.41 Å². The molecule has 3 heterocycles. The Morgan fingerprint density at radius 1 is 1.04 bits per heavy atom. The van der Waals surface area contributed by atoms with E-state index in [2.05, 4.69) is 0 Å². The van der Waals surface area contributed by atoms with E-state index >= 15 is 0 Å². The molecule has 1 saturated heterocycles. The number of hydrogen-bond acceptors (Lipinski definition) is 4. The van der Waals surface area contributed by atoms with Gasteiger partial charge < -0.3 is 19.3 Å².